The molecule has 0 saturated heterocycles. The quantitative estimate of drug-likeness (QED) is 0.633. The van der Waals surface area contributed by atoms with Crippen LogP contribution in [0.15, 0.2) is 42.5 Å². The third kappa shape index (κ3) is 4.39. The van der Waals surface area contributed by atoms with E-state index in [2.05, 4.69) is 21.7 Å². The third-order valence-corrected chi connectivity index (χ3v) is 6.04. The van der Waals surface area contributed by atoms with Crippen LogP contribution in [0, 0.1) is 11.3 Å². The zero-order chi connectivity index (χ0) is 20.4. The Labute approximate surface area is 176 Å². The van der Waals surface area contributed by atoms with E-state index in [-0.39, 0.29) is 24.8 Å². The van der Waals surface area contributed by atoms with Crippen molar-refractivity contribution >= 4 is 45.0 Å². The van der Waals surface area contributed by atoms with Crippen molar-refractivity contribution in [1.29, 1.82) is 5.26 Å². The summed E-state index contributed by atoms with van der Waals surface area (Å²) in [7, 11) is 0. The second-order valence-corrected chi connectivity index (χ2v) is 8.49. The van der Waals surface area contributed by atoms with Gasteiger partial charge in [-0.2, -0.15) is 5.26 Å². The predicted octanol–water partition coefficient (Wildman–Crippen LogP) is 3.45. The average Bonchev–Trinajstić information content (AvgIpc) is 3.38. The number of nitrogens with zero attached hydrogens (tertiary/aromatic N) is 2. The lowest BCUT2D eigenvalue weighted by Gasteiger charge is -2.09. The third-order valence-electron chi connectivity index (χ3n) is 4.71. The molecule has 0 radical (unpaired) electrons. The SMILES string of the molecule is N#CC1(NC(=O)CNC(=O)Cc2nc3cc(Cl)c(-c4ccccc4)cc3s2)CC1. The van der Waals surface area contributed by atoms with Gasteiger partial charge < -0.3 is 10.6 Å². The standard InChI is InChI=1S/C21H17ClN4O2S/c22-15-9-16-17(8-14(15)13-4-2-1-3-5-13)29-20(25-16)10-18(27)24-11-19(28)26-21(12-23)6-7-21/h1-5,8-9H,6-7,10-11H2,(H,24,27)(H,26,28). The summed E-state index contributed by atoms with van der Waals surface area (Å²) in [6.45, 7) is -0.156. The second kappa shape index (κ2) is 7.82. The van der Waals surface area contributed by atoms with Crippen molar-refractivity contribution in [2.24, 2.45) is 0 Å². The summed E-state index contributed by atoms with van der Waals surface area (Å²) in [6.07, 6.45) is 1.39. The number of hydrogen-bond acceptors (Lipinski definition) is 5. The van der Waals surface area contributed by atoms with E-state index in [1.807, 2.05) is 42.5 Å². The summed E-state index contributed by atoms with van der Waals surface area (Å²) in [5.74, 6) is -0.656. The monoisotopic (exact) mass is 424 g/mol. The van der Waals surface area contributed by atoms with Crippen LogP contribution >= 0.6 is 22.9 Å². The number of hydrogen-bond donors (Lipinski definition) is 2. The van der Waals surface area contributed by atoms with Crippen LogP contribution in [0.2, 0.25) is 5.02 Å². The van der Waals surface area contributed by atoms with E-state index in [0.717, 1.165) is 21.3 Å². The maximum absolute atomic E-state index is 12.2. The number of amides is 2. The van der Waals surface area contributed by atoms with Gasteiger partial charge in [0.15, 0.2) is 0 Å². The fourth-order valence-electron chi connectivity index (χ4n) is 2.99. The molecular formula is C21H17ClN4O2S. The molecule has 29 heavy (non-hydrogen) atoms. The summed E-state index contributed by atoms with van der Waals surface area (Å²) < 4.78 is 0.943. The highest BCUT2D eigenvalue weighted by molar-refractivity contribution is 7.18. The number of benzene rings is 2. The van der Waals surface area contributed by atoms with Gasteiger partial charge in [-0.3, -0.25) is 9.59 Å². The Kier molecular flexibility index (Phi) is 5.22. The number of rotatable bonds is 6. The Bertz CT molecular complexity index is 1130. The van der Waals surface area contributed by atoms with E-state index in [9.17, 15) is 9.59 Å². The maximum atomic E-state index is 12.2. The van der Waals surface area contributed by atoms with Crippen LogP contribution in [-0.4, -0.2) is 28.9 Å². The highest BCUT2D eigenvalue weighted by atomic mass is 35.5. The predicted molar refractivity (Wildman–Crippen MR) is 113 cm³/mol. The van der Waals surface area contributed by atoms with Crippen molar-refractivity contribution in [3.63, 3.8) is 0 Å². The number of thiazole rings is 1. The molecule has 6 nitrogen and oxygen atoms in total. The number of nitrogens with one attached hydrogen (secondary N) is 2. The van der Waals surface area contributed by atoms with Gasteiger partial charge in [0.2, 0.25) is 11.8 Å². The van der Waals surface area contributed by atoms with Gasteiger partial charge in [-0.15, -0.1) is 11.3 Å². The van der Waals surface area contributed by atoms with Gasteiger partial charge in [-0.1, -0.05) is 41.9 Å². The van der Waals surface area contributed by atoms with E-state index in [1.165, 1.54) is 11.3 Å². The van der Waals surface area contributed by atoms with Crippen molar-refractivity contribution in [2.45, 2.75) is 24.8 Å². The smallest absolute Gasteiger partial charge is 0.240 e. The Balaban J connectivity index is 1.41. The second-order valence-electron chi connectivity index (χ2n) is 6.97. The Morgan fingerprint density at radius 1 is 1.21 bits per heavy atom. The lowest BCUT2D eigenvalue weighted by atomic mass is 10.1. The number of aromatic nitrogens is 1. The van der Waals surface area contributed by atoms with Crippen LogP contribution in [0.3, 0.4) is 0 Å². The number of carbonyl (C=O) groups excluding carboxylic acids is 2. The molecule has 1 saturated carbocycles. The molecule has 2 aromatic carbocycles. The fraction of sp³-hybridized carbons (Fsp3) is 0.238. The first-order valence-corrected chi connectivity index (χ1v) is 10.3. The van der Waals surface area contributed by atoms with Gasteiger partial charge in [-0.25, -0.2) is 4.98 Å². The molecule has 0 aliphatic heterocycles. The molecule has 1 fully saturated rings. The first-order valence-electron chi connectivity index (χ1n) is 9.11. The Morgan fingerprint density at radius 3 is 2.66 bits per heavy atom. The minimum absolute atomic E-state index is 0.0777. The molecule has 3 aromatic rings. The van der Waals surface area contributed by atoms with Gasteiger partial charge in [0.05, 0.1) is 34.3 Å². The molecular weight excluding hydrogens is 408 g/mol. The summed E-state index contributed by atoms with van der Waals surface area (Å²) in [6, 6.07) is 15.7. The normalized spacial score (nSPS) is 14.2. The van der Waals surface area contributed by atoms with E-state index in [1.54, 1.807) is 0 Å². The summed E-state index contributed by atoms with van der Waals surface area (Å²) in [5.41, 5.74) is 1.95. The van der Waals surface area contributed by atoms with Gasteiger partial charge >= 0.3 is 0 Å². The molecule has 8 heteroatoms. The Hall–Kier alpha value is -2.95. The van der Waals surface area contributed by atoms with Crippen molar-refractivity contribution in [3.05, 3.63) is 52.5 Å². The molecule has 2 N–H and O–H groups in total. The summed E-state index contributed by atoms with van der Waals surface area (Å²) >= 11 is 7.85. The molecule has 146 valence electrons. The highest BCUT2D eigenvalue weighted by Gasteiger charge is 2.44. The molecule has 1 aliphatic rings. The number of carbonyl (C=O) groups is 2. The molecule has 1 heterocycles. The van der Waals surface area contributed by atoms with Gasteiger partial charge in [0.25, 0.3) is 0 Å². The summed E-state index contributed by atoms with van der Waals surface area (Å²) in [4.78, 5) is 28.5. The van der Waals surface area contributed by atoms with Gasteiger partial charge in [0.1, 0.15) is 10.5 Å². The first-order chi connectivity index (χ1) is 14.0. The summed E-state index contributed by atoms with van der Waals surface area (Å²) in [5, 5.41) is 15.5. The number of halogens is 1. The Morgan fingerprint density at radius 2 is 1.97 bits per heavy atom. The molecule has 1 aromatic heterocycles. The molecule has 1 aliphatic carbocycles. The lowest BCUT2D eigenvalue weighted by Crippen LogP contribution is -2.43. The molecule has 2 amide bonds. The molecule has 0 spiro atoms. The van der Waals surface area contributed by atoms with Crippen LogP contribution in [0.4, 0.5) is 0 Å². The van der Waals surface area contributed by atoms with Crippen LogP contribution in [0.5, 0.6) is 0 Å². The van der Waals surface area contributed by atoms with Crippen LogP contribution in [-0.2, 0) is 16.0 Å². The molecule has 0 unspecified atom stereocenters. The van der Waals surface area contributed by atoms with Crippen LogP contribution in [0.1, 0.15) is 17.8 Å². The molecule has 4 rings (SSSR count). The minimum Gasteiger partial charge on any atom is -0.347 e. The average molecular weight is 425 g/mol. The van der Waals surface area contributed by atoms with Crippen molar-refractivity contribution in [2.75, 3.05) is 6.54 Å². The zero-order valence-corrected chi connectivity index (χ0v) is 16.9. The van der Waals surface area contributed by atoms with Crippen molar-refractivity contribution in [3.8, 4) is 17.2 Å². The van der Waals surface area contributed by atoms with Gasteiger partial charge in [-0.05, 0) is 30.5 Å². The first kappa shape index (κ1) is 19.4. The lowest BCUT2D eigenvalue weighted by molar-refractivity contribution is -0.126. The number of fused-ring (bicyclic) bond motifs is 1. The largest absolute Gasteiger partial charge is 0.347 e. The van der Waals surface area contributed by atoms with Gasteiger partial charge in [0, 0.05) is 5.56 Å². The van der Waals surface area contributed by atoms with E-state index in [4.69, 9.17) is 16.9 Å². The highest BCUT2D eigenvalue weighted by Crippen LogP contribution is 2.35. The van der Waals surface area contributed by atoms with Crippen LogP contribution < -0.4 is 10.6 Å². The number of nitriles is 1. The molecule has 0 bridgehead atoms. The zero-order valence-electron chi connectivity index (χ0n) is 15.4. The van der Waals surface area contributed by atoms with Crippen LogP contribution in [0.25, 0.3) is 21.3 Å². The fourth-order valence-corrected chi connectivity index (χ4v) is 4.24. The minimum atomic E-state index is -0.732. The van der Waals surface area contributed by atoms with Crippen molar-refractivity contribution < 1.29 is 9.59 Å². The van der Waals surface area contributed by atoms with E-state index in [0.29, 0.717) is 22.9 Å². The topological polar surface area (TPSA) is 94.9 Å². The van der Waals surface area contributed by atoms with Crippen molar-refractivity contribution in [1.82, 2.24) is 15.6 Å². The molecule has 0 atom stereocenters. The maximum Gasteiger partial charge on any atom is 0.240 e. The van der Waals surface area contributed by atoms with E-state index < -0.39 is 5.54 Å². The van der Waals surface area contributed by atoms with E-state index >= 15 is 0 Å².